The van der Waals surface area contributed by atoms with Gasteiger partial charge in [0.05, 0.1) is 12.3 Å². The second-order valence-electron chi connectivity index (χ2n) is 6.80. The van der Waals surface area contributed by atoms with Crippen LogP contribution in [0.3, 0.4) is 0 Å². The van der Waals surface area contributed by atoms with E-state index in [0.717, 1.165) is 22.6 Å². The smallest absolute Gasteiger partial charge is 0.270 e. The molecule has 152 valence electrons. The van der Waals surface area contributed by atoms with Crippen molar-refractivity contribution in [2.75, 3.05) is 18.5 Å². The third kappa shape index (κ3) is 4.93. The topological polar surface area (TPSA) is 84.7 Å². The number of ether oxygens (including phenoxy) is 1. The summed E-state index contributed by atoms with van der Waals surface area (Å²) in [5, 5.41) is 5.73. The molecule has 0 saturated heterocycles. The average Bonchev–Trinajstić information content (AvgIpc) is 3.04. The van der Waals surface area contributed by atoms with Gasteiger partial charge in [0.25, 0.3) is 5.91 Å². The summed E-state index contributed by atoms with van der Waals surface area (Å²) in [6, 6.07) is 11.1. The molecule has 3 rings (SSSR count). The van der Waals surface area contributed by atoms with Crippen molar-refractivity contribution in [3.8, 4) is 5.75 Å². The van der Waals surface area contributed by atoms with E-state index in [9.17, 15) is 9.59 Å². The standard InChI is InChI=1S/C22H26N4O3/c1-4-29-18-11-9-17(10-12-18)25-19(27)8-5-13-23-22(28)20-16(3)24-21-15(2)7-6-14-26(20)21/h6-7,9-12,14H,4-5,8,13H2,1-3H3,(H,23,28)(H,25,27). The van der Waals surface area contributed by atoms with E-state index in [-0.39, 0.29) is 11.8 Å². The molecule has 7 heteroatoms. The summed E-state index contributed by atoms with van der Waals surface area (Å²) in [6.07, 6.45) is 2.70. The molecular weight excluding hydrogens is 368 g/mol. The highest BCUT2D eigenvalue weighted by Gasteiger charge is 2.17. The van der Waals surface area contributed by atoms with E-state index in [2.05, 4.69) is 15.6 Å². The first kappa shape index (κ1) is 20.4. The molecule has 2 amide bonds. The Morgan fingerprint density at radius 2 is 1.90 bits per heavy atom. The maximum Gasteiger partial charge on any atom is 0.270 e. The summed E-state index contributed by atoms with van der Waals surface area (Å²) in [5.41, 5.74) is 3.73. The minimum atomic E-state index is -0.187. The van der Waals surface area contributed by atoms with E-state index in [0.29, 0.717) is 37.4 Å². The molecule has 0 unspecified atom stereocenters. The number of aryl methyl sites for hydroxylation is 2. The van der Waals surface area contributed by atoms with Crippen molar-refractivity contribution in [3.05, 3.63) is 59.5 Å². The second kappa shape index (κ2) is 9.23. The first-order chi connectivity index (χ1) is 14.0. The number of nitrogens with zero attached hydrogens (tertiary/aromatic N) is 2. The van der Waals surface area contributed by atoms with E-state index in [4.69, 9.17) is 4.74 Å². The molecule has 0 bridgehead atoms. The monoisotopic (exact) mass is 394 g/mol. The molecule has 2 aromatic heterocycles. The second-order valence-corrected chi connectivity index (χ2v) is 6.80. The number of rotatable bonds is 8. The van der Waals surface area contributed by atoms with Gasteiger partial charge in [-0.2, -0.15) is 0 Å². The predicted octanol–water partition coefficient (Wildman–Crippen LogP) is 3.50. The number of carbonyl (C=O) groups is 2. The lowest BCUT2D eigenvalue weighted by molar-refractivity contribution is -0.116. The van der Waals surface area contributed by atoms with E-state index >= 15 is 0 Å². The normalized spacial score (nSPS) is 10.7. The van der Waals surface area contributed by atoms with Crippen LogP contribution < -0.4 is 15.4 Å². The van der Waals surface area contributed by atoms with Crippen molar-refractivity contribution in [3.63, 3.8) is 0 Å². The first-order valence-electron chi connectivity index (χ1n) is 9.74. The van der Waals surface area contributed by atoms with Crippen LogP contribution in [0.2, 0.25) is 0 Å². The Hall–Kier alpha value is -3.35. The largest absolute Gasteiger partial charge is 0.494 e. The molecule has 2 heterocycles. The van der Waals surface area contributed by atoms with Crippen LogP contribution in [0.5, 0.6) is 5.75 Å². The van der Waals surface area contributed by atoms with Crippen LogP contribution in [0.25, 0.3) is 5.65 Å². The summed E-state index contributed by atoms with van der Waals surface area (Å²) in [5.74, 6) is 0.489. The number of pyridine rings is 1. The van der Waals surface area contributed by atoms with Gasteiger partial charge < -0.3 is 15.4 Å². The molecule has 0 fully saturated rings. The maximum atomic E-state index is 12.6. The van der Waals surface area contributed by atoms with Crippen LogP contribution in [-0.2, 0) is 4.79 Å². The van der Waals surface area contributed by atoms with E-state index in [1.807, 2.05) is 51.2 Å². The quantitative estimate of drug-likeness (QED) is 0.573. The van der Waals surface area contributed by atoms with Gasteiger partial charge in [-0.1, -0.05) is 6.07 Å². The lowest BCUT2D eigenvalue weighted by Crippen LogP contribution is -2.27. The van der Waals surface area contributed by atoms with E-state index in [1.165, 1.54) is 0 Å². The molecule has 1 aromatic carbocycles. The van der Waals surface area contributed by atoms with Crippen LogP contribution >= 0.6 is 0 Å². The Balaban J connectivity index is 1.48. The summed E-state index contributed by atoms with van der Waals surface area (Å²) in [6.45, 7) is 6.73. The van der Waals surface area contributed by atoms with Crippen LogP contribution in [0.15, 0.2) is 42.6 Å². The fourth-order valence-electron chi connectivity index (χ4n) is 3.15. The SMILES string of the molecule is CCOc1ccc(NC(=O)CCCNC(=O)c2c(C)nc3c(C)cccn23)cc1. The molecular formula is C22H26N4O3. The molecule has 2 N–H and O–H groups in total. The third-order valence-electron chi connectivity index (χ3n) is 4.55. The lowest BCUT2D eigenvalue weighted by Gasteiger charge is -2.08. The molecule has 7 nitrogen and oxygen atoms in total. The van der Waals surface area contributed by atoms with Crippen molar-refractivity contribution in [1.29, 1.82) is 0 Å². The summed E-state index contributed by atoms with van der Waals surface area (Å²) in [7, 11) is 0. The van der Waals surface area contributed by atoms with Gasteiger partial charge in [-0.25, -0.2) is 4.98 Å². The van der Waals surface area contributed by atoms with Gasteiger partial charge >= 0.3 is 0 Å². The van der Waals surface area contributed by atoms with Gasteiger partial charge in [0.2, 0.25) is 5.91 Å². The zero-order valence-electron chi connectivity index (χ0n) is 17.0. The first-order valence-corrected chi connectivity index (χ1v) is 9.74. The lowest BCUT2D eigenvalue weighted by atomic mass is 10.2. The van der Waals surface area contributed by atoms with E-state index in [1.54, 1.807) is 16.5 Å². The number of amides is 2. The Morgan fingerprint density at radius 3 is 2.62 bits per heavy atom. The zero-order valence-corrected chi connectivity index (χ0v) is 17.0. The molecule has 0 aliphatic heterocycles. The van der Waals surface area contributed by atoms with Gasteiger partial charge in [0.1, 0.15) is 17.1 Å². The Bertz CT molecular complexity index is 1010. The number of hydrogen-bond donors (Lipinski definition) is 2. The minimum absolute atomic E-state index is 0.0926. The molecule has 0 radical (unpaired) electrons. The summed E-state index contributed by atoms with van der Waals surface area (Å²) in [4.78, 5) is 29.2. The fourth-order valence-corrected chi connectivity index (χ4v) is 3.15. The number of imidazole rings is 1. The van der Waals surface area contributed by atoms with Crippen molar-refractivity contribution in [2.45, 2.75) is 33.6 Å². The van der Waals surface area contributed by atoms with Crippen molar-refractivity contribution >= 4 is 23.1 Å². The van der Waals surface area contributed by atoms with Gasteiger partial charge in [-0.05, 0) is 63.1 Å². The number of fused-ring (bicyclic) bond motifs is 1. The Morgan fingerprint density at radius 1 is 1.14 bits per heavy atom. The number of aromatic nitrogens is 2. The summed E-state index contributed by atoms with van der Waals surface area (Å²) >= 11 is 0. The highest BCUT2D eigenvalue weighted by molar-refractivity contribution is 5.95. The third-order valence-corrected chi connectivity index (χ3v) is 4.55. The number of anilines is 1. The number of benzene rings is 1. The van der Waals surface area contributed by atoms with Gasteiger partial charge in [-0.3, -0.25) is 14.0 Å². The van der Waals surface area contributed by atoms with E-state index < -0.39 is 0 Å². The van der Waals surface area contributed by atoms with Crippen LogP contribution in [-0.4, -0.2) is 34.4 Å². The molecule has 0 spiro atoms. The number of nitrogens with one attached hydrogen (secondary N) is 2. The average molecular weight is 394 g/mol. The Labute approximate surface area is 170 Å². The predicted molar refractivity (Wildman–Crippen MR) is 112 cm³/mol. The molecule has 0 aliphatic rings. The van der Waals surface area contributed by atoms with Crippen LogP contribution in [0, 0.1) is 13.8 Å². The molecule has 29 heavy (non-hydrogen) atoms. The van der Waals surface area contributed by atoms with Crippen LogP contribution in [0.4, 0.5) is 5.69 Å². The van der Waals surface area contributed by atoms with Gasteiger partial charge in [-0.15, -0.1) is 0 Å². The van der Waals surface area contributed by atoms with Crippen LogP contribution in [0.1, 0.15) is 41.5 Å². The molecule has 0 aliphatic carbocycles. The molecule has 0 saturated carbocycles. The van der Waals surface area contributed by atoms with Crippen molar-refractivity contribution in [1.82, 2.24) is 14.7 Å². The van der Waals surface area contributed by atoms with Gasteiger partial charge in [0, 0.05) is 24.8 Å². The fraction of sp³-hybridized carbons (Fsp3) is 0.318. The highest BCUT2D eigenvalue weighted by Crippen LogP contribution is 2.16. The number of hydrogen-bond acceptors (Lipinski definition) is 4. The zero-order chi connectivity index (χ0) is 20.8. The number of carbonyl (C=O) groups excluding carboxylic acids is 2. The highest BCUT2D eigenvalue weighted by atomic mass is 16.5. The maximum absolute atomic E-state index is 12.6. The molecule has 3 aromatic rings. The van der Waals surface area contributed by atoms with Crippen molar-refractivity contribution in [2.24, 2.45) is 0 Å². The van der Waals surface area contributed by atoms with Crippen molar-refractivity contribution < 1.29 is 14.3 Å². The Kier molecular flexibility index (Phi) is 6.49. The summed E-state index contributed by atoms with van der Waals surface area (Å²) < 4.78 is 7.19. The van der Waals surface area contributed by atoms with Gasteiger partial charge in [0.15, 0.2) is 0 Å². The minimum Gasteiger partial charge on any atom is -0.494 e. The molecule has 0 atom stereocenters.